The first kappa shape index (κ1) is 14.8. The zero-order valence-corrected chi connectivity index (χ0v) is 12.1. The molecule has 2 nitrogen and oxygen atoms in total. The molecule has 0 aromatic heterocycles. The van der Waals surface area contributed by atoms with Crippen LogP contribution in [0.1, 0.15) is 15.9 Å². The SMILES string of the molecule is COc1cccc(F)c1C(=O)Cc1ccc(Cl)c(Cl)c1. The summed E-state index contributed by atoms with van der Waals surface area (Å²) in [4.78, 5) is 12.2. The van der Waals surface area contributed by atoms with Gasteiger partial charge in [0.15, 0.2) is 5.78 Å². The fraction of sp³-hybridized carbons (Fsp3) is 0.133. The molecule has 5 heteroatoms. The van der Waals surface area contributed by atoms with E-state index in [1.54, 1.807) is 24.3 Å². The van der Waals surface area contributed by atoms with E-state index in [4.69, 9.17) is 27.9 Å². The Balaban J connectivity index is 2.30. The van der Waals surface area contributed by atoms with E-state index in [0.717, 1.165) is 0 Å². The second-order valence-electron chi connectivity index (χ2n) is 4.17. The van der Waals surface area contributed by atoms with Gasteiger partial charge in [-0.25, -0.2) is 4.39 Å². The maximum atomic E-state index is 13.8. The molecule has 0 heterocycles. The highest BCUT2D eigenvalue weighted by atomic mass is 35.5. The second-order valence-corrected chi connectivity index (χ2v) is 4.98. The first-order chi connectivity index (χ1) is 9.52. The summed E-state index contributed by atoms with van der Waals surface area (Å²) >= 11 is 11.7. The van der Waals surface area contributed by atoms with Crippen LogP contribution in [0.25, 0.3) is 0 Å². The van der Waals surface area contributed by atoms with Gasteiger partial charge in [0.05, 0.1) is 22.7 Å². The summed E-state index contributed by atoms with van der Waals surface area (Å²) < 4.78 is 18.8. The summed E-state index contributed by atoms with van der Waals surface area (Å²) in [6, 6.07) is 9.14. The zero-order chi connectivity index (χ0) is 14.7. The molecular formula is C15H11Cl2FO2. The van der Waals surface area contributed by atoms with Gasteiger partial charge >= 0.3 is 0 Å². The van der Waals surface area contributed by atoms with Crippen molar-refractivity contribution in [3.8, 4) is 5.75 Å². The minimum atomic E-state index is -0.602. The van der Waals surface area contributed by atoms with Crippen molar-refractivity contribution < 1.29 is 13.9 Å². The summed E-state index contributed by atoms with van der Waals surface area (Å²) in [7, 11) is 1.39. The molecule has 104 valence electrons. The van der Waals surface area contributed by atoms with Gasteiger partial charge in [-0.15, -0.1) is 0 Å². The molecule has 0 fully saturated rings. The topological polar surface area (TPSA) is 26.3 Å². The van der Waals surface area contributed by atoms with Crippen LogP contribution in [-0.2, 0) is 6.42 Å². The number of ketones is 1. The molecular weight excluding hydrogens is 302 g/mol. The van der Waals surface area contributed by atoms with Gasteiger partial charge in [0.25, 0.3) is 0 Å². The van der Waals surface area contributed by atoms with Gasteiger partial charge in [-0.3, -0.25) is 4.79 Å². The van der Waals surface area contributed by atoms with Crippen LogP contribution < -0.4 is 4.74 Å². The molecule has 2 aromatic carbocycles. The lowest BCUT2D eigenvalue weighted by molar-refractivity contribution is 0.0986. The molecule has 0 unspecified atom stereocenters. The molecule has 20 heavy (non-hydrogen) atoms. The molecule has 0 N–H and O–H groups in total. The fourth-order valence-corrected chi connectivity index (χ4v) is 2.19. The quantitative estimate of drug-likeness (QED) is 0.773. The average molecular weight is 313 g/mol. The molecule has 0 radical (unpaired) electrons. The van der Waals surface area contributed by atoms with Crippen LogP contribution in [0.15, 0.2) is 36.4 Å². The number of benzene rings is 2. The lowest BCUT2D eigenvalue weighted by Gasteiger charge is -2.09. The van der Waals surface area contributed by atoms with Crippen molar-refractivity contribution in [1.29, 1.82) is 0 Å². The van der Waals surface area contributed by atoms with E-state index >= 15 is 0 Å². The smallest absolute Gasteiger partial charge is 0.173 e. The molecule has 2 aromatic rings. The maximum Gasteiger partial charge on any atom is 0.173 e. The number of rotatable bonds is 4. The predicted octanol–water partition coefficient (Wildman–Crippen LogP) is 4.57. The largest absolute Gasteiger partial charge is 0.496 e. The van der Waals surface area contributed by atoms with Crippen LogP contribution in [0.2, 0.25) is 10.0 Å². The Hall–Kier alpha value is -1.58. The van der Waals surface area contributed by atoms with Crippen molar-refractivity contribution in [3.05, 3.63) is 63.4 Å². The Bertz CT molecular complexity index is 656. The number of carbonyl (C=O) groups is 1. The van der Waals surface area contributed by atoms with Crippen molar-refractivity contribution in [2.45, 2.75) is 6.42 Å². The Morgan fingerprint density at radius 3 is 2.60 bits per heavy atom. The third-order valence-electron chi connectivity index (χ3n) is 2.82. The molecule has 2 rings (SSSR count). The van der Waals surface area contributed by atoms with E-state index in [0.29, 0.717) is 15.6 Å². The van der Waals surface area contributed by atoms with E-state index in [1.807, 2.05) is 0 Å². The maximum absolute atomic E-state index is 13.8. The first-order valence-corrected chi connectivity index (χ1v) is 6.58. The Kier molecular flexibility index (Phi) is 4.63. The Labute approximate surface area is 126 Å². The van der Waals surface area contributed by atoms with Crippen molar-refractivity contribution in [2.75, 3.05) is 7.11 Å². The summed E-state index contributed by atoms with van der Waals surface area (Å²) in [5, 5.41) is 0.767. The third kappa shape index (κ3) is 3.11. The lowest BCUT2D eigenvalue weighted by Crippen LogP contribution is -2.08. The second kappa shape index (κ2) is 6.25. The van der Waals surface area contributed by atoms with Crippen molar-refractivity contribution in [3.63, 3.8) is 0 Å². The van der Waals surface area contributed by atoms with Gasteiger partial charge in [-0.2, -0.15) is 0 Å². The Morgan fingerprint density at radius 2 is 1.95 bits per heavy atom. The van der Waals surface area contributed by atoms with E-state index in [-0.39, 0.29) is 23.5 Å². The molecule has 0 spiro atoms. The molecule has 0 amide bonds. The molecule has 0 atom stereocenters. The fourth-order valence-electron chi connectivity index (χ4n) is 1.87. The van der Waals surface area contributed by atoms with Crippen molar-refractivity contribution in [2.24, 2.45) is 0 Å². The summed E-state index contributed by atoms with van der Waals surface area (Å²) in [6.45, 7) is 0. The van der Waals surface area contributed by atoms with Gasteiger partial charge in [-0.1, -0.05) is 35.3 Å². The first-order valence-electron chi connectivity index (χ1n) is 5.82. The Morgan fingerprint density at radius 1 is 1.20 bits per heavy atom. The number of halogens is 3. The standard InChI is InChI=1S/C15H11Cl2FO2/c1-20-14-4-2-3-12(18)15(14)13(19)8-9-5-6-10(16)11(17)7-9/h2-7H,8H2,1H3. The molecule has 0 saturated carbocycles. The number of hydrogen-bond acceptors (Lipinski definition) is 2. The van der Waals surface area contributed by atoms with Gasteiger partial charge in [0.2, 0.25) is 0 Å². The van der Waals surface area contributed by atoms with Crippen molar-refractivity contribution in [1.82, 2.24) is 0 Å². The number of hydrogen-bond donors (Lipinski definition) is 0. The average Bonchev–Trinajstić information content (AvgIpc) is 2.42. The lowest BCUT2D eigenvalue weighted by atomic mass is 10.0. The van der Waals surface area contributed by atoms with Gasteiger partial charge in [-0.05, 0) is 29.8 Å². The van der Waals surface area contributed by atoms with Crippen LogP contribution in [0.4, 0.5) is 4.39 Å². The van der Waals surface area contributed by atoms with E-state index in [2.05, 4.69) is 0 Å². The predicted molar refractivity (Wildman–Crippen MR) is 77.4 cm³/mol. The highest BCUT2D eigenvalue weighted by Gasteiger charge is 2.18. The van der Waals surface area contributed by atoms with E-state index in [1.165, 1.54) is 19.2 Å². The van der Waals surface area contributed by atoms with E-state index < -0.39 is 5.82 Å². The highest BCUT2D eigenvalue weighted by Crippen LogP contribution is 2.26. The number of ether oxygens (including phenoxy) is 1. The molecule has 0 bridgehead atoms. The monoisotopic (exact) mass is 312 g/mol. The molecule has 0 aliphatic carbocycles. The molecule has 0 saturated heterocycles. The number of carbonyl (C=O) groups excluding carboxylic acids is 1. The minimum Gasteiger partial charge on any atom is -0.496 e. The number of methoxy groups -OCH3 is 1. The van der Waals surface area contributed by atoms with Crippen LogP contribution in [0.5, 0.6) is 5.75 Å². The van der Waals surface area contributed by atoms with Gasteiger partial charge in [0.1, 0.15) is 11.6 Å². The van der Waals surface area contributed by atoms with Gasteiger partial charge in [0, 0.05) is 6.42 Å². The summed E-state index contributed by atoms with van der Waals surface area (Å²) in [5.74, 6) is -0.761. The zero-order valence-electron chi connectivity index (χ0n) is 10.6. The van der Waals surface area contributed by atoms with Crippen LogP contribution in [0, 0.1) is 5.82 Å². The molecule has 0 aliphatic heterocycles. The van der Waals surface area contributed by atoms with Crippen LogP contribution in [-0.4, -0.2) is 12.9 Å². The normalized spacial score (nSPS) is 10.4. The third-order valence-corrected chi connectivity index (χ3v) is 3.56. The number of Topliss-reactive ketones (excluding diaryl/α,β-unsaturated/α-hetero) is 1. The molecule has 0 aliphatic rings. The van der Waals surface area contributed by atoms with Crippen LogP contribution >= 0.6 is 23.2 Å². The highest BCUT2D eigenvalue weighted by molar-refractivity contribution is 6.42. The van der Waals surface area contributed by atoms with Crippen molar-refractivity contribution >= 4 is 29.0 Å². The van der Waals surface area contributed by atoms with Crippen LogP contribution in [0.3, 0.4) is 0 Å². The summed E-state index contributed by atoms with van der Waals surface area (Å²) in [5.41, 5.74) is 0.607. The van der Waals surface area contributed by atoms with Gasteiger partial charge < -0.3 is 4.74 Å². The van der Waals surface area contributed by atoms with E-state index in [9.17, 15) is 9.18 Å². The minimum absolute atomic E-state index is 0.0220. The summed E-state index contributed by atoms with van der Waals surface area (Å²) in [6.07, 6.45) is 0.0220.